The first kappa shape index (κ1) is 10.5. The van der Waals surface area contributed by atoms with Crippen molar-refractivity contribution in [3.8, 4) is 0 Å². The Kier molecular flexibility index (Phi) is 2.25. The van der Waals surface area contributed by atoms with Gasteiger partial charge in [-0.15, -0.1) is 0 Å². The van der Waals surface area contributed by atoms with E-state index in [1.54, 1.807) is 6.33 Å². The van der Waals surface area contributed by atoms with Crippen LogP contribution in [0.4, 0.5) is 5.82 Å². The highest BCUT2D eigenvalue weighted by atomic mass is 16.3. The van der Waals surface area contributed by atoms with E-state index >= 15 is 0 Å². The van der Waals surface area contributed by atoms with Crippen molar-refractivity contribution in [2.45, 2.75) is 25.4 Å². The number of imidazole rings is 1. The van der Waals surface area contributed by atoms with E-state index in [4.69, 9.17) is 0 Å². The summed E-state index contributed by atoms with van der Waals surface area (Å²) in [4.78, 5) is 17.5. The van der Waals surface area contributed by atoms with E-state index in [2.05, 4.69) is 31.8 Å². The highest BCUT2D eigenvalue weighted by Crippen LogP contribution is 2.32. The molecule has 1 aliphatic rings. The summed E-state index contributed by atoms with van der Waals surface area (Å²) < 4.78 is 0. The van der Waals surface area contributed by atoms with Crippen molar-refractivity contribution in [1.29, 1.82) is 0 Å². The van der Waals surface area contributed by atoms with Crippen molar-refractivity contribution >= 4 is 17.0 Å². The highest BCUT2D eigenvalue weighted by molar-refractivity contribution is 5.83. The van der Waals surface area contributed by atoms with Gasteiger partial charge < -0.3 is 15.0 Å². The molecule has 0 radical (unpaired) electrons. The molecule has 0 aliphatic carbocycles. The third kappa shape index (κ3) is 1.64. The molecule has 90 valence electrons. The molecule has 1 fully saturated rings. The molecule has 0 amide bonds. The molecule has 3 rings (SSSR count). The van der Waals surface area contributed by atoms with Gasteiger partial charge in [-0.1, -0.05) is 13.3 Å². The molecule has 0 saturated carbocycles. The van der Waals surface area contributed by atoms with Crippen LogP contribution in [0, 0.1) is 0 Å². The van der Waals surface area contributed by atoms with Crippen molar-refractivity contribution in [3.63, 3.8) is 0 Å². The van der Waals surface area contributed by atoms with Crippen LogP contribution in [-0.2, 0) is 0 Å². The van der Waals surface area contributed by atoms with Gasteiger partial charge in [-0.2, -0.15) is 0 Å². The summed E-state index contributed by atoms with van der Waals surface area (Å²) in [6.07, 6.45) is 4.95. The van der Waals surface area contributed by atoms with Crippen molar-refractivity contribution in [1.82, 2.24) is 19.9 Å². The summed E-state index contributed by atoms with van der Waals surface area (Å²) in [6.45, 7) is 3.34. The van der Waals surface area contributed by atoms with E-state index in [0.29, 0.717) is 18.7 Å². The van der Waals surface area contributed by atoms with Gasteiger partial charge in [0.05, 0.1) is 25.0 Å². The summed E-state index contributed by atoms with van der Waals surface area (Å²) in [5.74, 6) is 0.827. The molecule has 2 aromatic heterocycles. The third-order valence-electron chi connectivity index (χ3n) is 3.19. The van der Waals surface area contributed by atoms with E-state index in [-0.39, 0.29) is 0 Å². The molecule has 1 saturated heterocycles. The quantitative estimate of drug-likeness (QED) is 0.816. The van der Waals surface area contributed by atoms with Crippen LogP contribution in [0.15, 0.2) is 12.7 Å². The fraction of sp³-hybridized carbons (Fsp3) is 0.545. The Labute approximate surface area is 98.7 Å². The van der Waals surface area contributed by atoms with Gasteiger partial charge in [0, 0.05) is 0 Å². The largest absolute Gasteiger partial charge is 0.386 e. The third-order valence-corrected chi connectivity index (χ3v) is 3.19. The molecular weight excluding hydrogens is 218 g/mol. The number of nitrogens with one attached hydrogen (secondary N) is 1. The van der Waals surface area contributed by atoms with Gasteiger partial charge >= 0.3 is 0 Å². The lowest BCUT2D eigenvalue weighted by Gasteiger charge is -2.47. The van der Waals surface area contributed by atoms with E-state index in [9.17, 15) is 5.11 Å². The molecule has 0 atom stereocenters. The first-order chi connectivity index (χ1) is 8.22. The number of hydrogen-bond donors (Lipinski definition) is 2. The zero-order chi connectivity index (χ0) is 11.9. The van der Waals surface area contributed by atoms with Crippen molar-refractivity contribution < 1.29 is 5.11 Å². The molecular formula is C11H15N5O. The van der Waals surface area contributed by atoms with Crippen LogP contribution in [0.2, 0.25) is 0 Å². The Morgan fingerprint density at radius 3 is 3.00 bits per heavy atom. The van der Waals surface area contributed by atoms with Gasteiger partial charge in [-0.25, -0.2) is 15.0 Å². The number of aromatic amines is 1. The smallest absolute Gasteiger partial charge is 0.182 e. The van der Waals surface area contributed by atoms with Crippen LogP contribution in [0.3, 0.4) is 0 Å². The average Bonchev–Trinajstić information content (AvgIpc) is 2.73. The lowest BCUT2D eigenvalue weighted by atomic mass is 9.89. The summed E-state index contributed by atoms with van der Waals surface area (Å²) in [7, 11) is 0. The zero-order valence-corrected chi connectivity index (χ0v) is 9.72. The normalized spacial score (nSPS) is 18.4. The number of fused-ring (bicyclic) bond motifs is 1. The number of nitrogens with zero attached hydrogens (tertiary/aromatic N) is 4. The topological polar surface area (TPSA) is 77.9 Å². The summed E-state index contributed by atoms with van der Waals surface area (Å²) in [6, 6.07) is 0. The fourth-order valence-electron chi connectivity index (χ4n) is 2.43. The second kappa shape index (κ2) is 3.66. The van der Waals surface area contributed by atoms with Crippen LogP contribution in [0.1, 0.15) is 19.8 Å². The standard InChI is InChI=1S/C11H15N5O/c1-2-3-11(17)4-16(5-11)10-8-9(13-6-12-8)14-7-15-10/h6-7,17H,2-5H2,1H3,(H,12,13,14,15). The maximum Gasteiger partial charge on any atom is 0.182 e. The van der Waals surface area contributed by atoms with E-state index in [1.807, 2.05) is 0 Å². The highest BCUT2D eigenvalue weighted by Gasteiger charge is 2.41. The second-order valence-corrected chi connectivity index (χ2v) is 4.63. The molecule has 0 bridgehead atoms. The molecule has 0 unspecified atom stereocenters. The van der Waals surface area contributed by atoms with Gasteiger partial charge in [0.2, 0.25) is 0 Å². The first-order valence-electron chi connectivity index (χ1n) is 5.83. The van der Waals surface area contributed by atoms with Crippen molar-refractivity contribution in [2.24, 2.45) is 0 Å². The molecule has 0 aromatic carbocycles. The van der Waals surface area contributed by atoms with Gasteiger partial charge in [-0.3, -0.25) is 0 Å². The Hall–Kier alpha value is -1.69. The number of anilines is 1. The van der Waals surface area contributed by atoms with Gasteiger partial charge in [0.1, 0.15) is 11.8 Å². The Morgan fingerprint density at radius 1 is 1.41 bits per heavy atom. The molecule has 3 heterocycles. The van der Waals surface area contributed by atoms with E-state index in [0.717, 1.165) is 24.2 Å². The molecule has 6 heteroatoms. The predicted octanol–water partition coefficient (Wildman–Crippen LogP) is 0.704. The maximum atomic E-state index is 10.2. The number of aromatic nitrogens is 4. The van der Waals surface area contributed by atoms with Gasteiger partial charge in [0.15, 0.2) is 11.5 Å². The minimum Gasteiger partial charge on any atom is -0.386 e. The molecule has 2 N–H and O–H groups in total. The van der Waals surface area contributed by atoms with Crippen LogP contribution in [0.5, 0.6) is 0 Å². The molecule has 2 aromatic rings. The Balaban J connectivity index is 1.85. The number of hydrogen-bond acceptors (Lipinski definition) is 5. The molecule has 6 nitrogen and oxygen atoms in total. The SMILES string of the molecule is CCCC1(O)CN(c2ncnc3nc[nH]c23)C1. The summed E-state index contributed by atoms with van der Waals surface area (Å²) >= 11 is 0. The Bertz CT molecular complexity index is 531. The molecule has 17 heavy (non-hydrogen) atoms. The van der Waals surface area contributed by atoms with Crippen molar-refractivity contribution in [3.05, 3.63) is 12.7 Å². The minimum atomic E-state index is -0.550. The number of aliphatic hydroxyl groups is 1. The number of β-amino-alcohol motifs (C(OH)–C–C–N with tert-alkyl or cyclic N) is 1. The molecule has 1 aliphatic heterocycles. The predicted molar refractivity (Wildman–Crippen MR) is 63.8 cm³/mol. The molecule has 0 spiro atoms. The lowest BCUT2D eigenvalue weighted by molar-refractivity contribution is 0.00309. The number of H-pyrrole nitrogens is 1. The zero-order valence-electron chi connectivity index (χ0n) is 9.72. The second-order valence-electron chi connectivity index (χ2n) is 4.63. The summed E-state index contributed by atoms with van der Waals surface area (Å²) in [5.41, 5.74) is 0.957. The average molecular weight is 233 g/mol. The van der Waals surface area contributed by atoms with E-state index in [1.165, 1.54) is 6.33 Å². The number of rotatable bonds is 3. The van der Waals surface area contributed by atoms with Gasteiger partial charge in [-0.05, 0) is 6.42 Å². The minimum absolute atomic E-state index is 0.550. The van der Waals surface area contributed by atoms with Crippen LogP contribution >= 0.6 is 0 Å². The summed E-state index contributed by atoms with van der Waals surface area (Å²) in [5, 5.41) is 10.2. The monoisotopic (exact) mass is 233 g/mol. The fourth-order valence-corrected chi connectivity index (χ4v) is 2.43. The van der Waals surface area contributed by atoms with E-state index < -0.39 is 5.60 Å². The first-order valence-corrected chi connectivity index (χ1v) is 5.83. The van der Waals surface area contributed by atoms with Crippen LogP contribution in [-0.4, -0.2) is 43.7 Å². The Morgan fingerprint density at radius 2 is 2.24 bits per heavy atom. The maximum absolute atomic E-state index is 10.2. The van der Waals surface area contributed by atoms with Crippen molar-refractivity contribution in [2.75, 3.05) is 18.0 Å². The van der Waals surface area contributed by atoms with Crippen LogP contribution < -0.4 is 4.90 Å². The van der Waals surface area contributed by atoms with Gasteiger partial charge in [0.25, 0.3) is 0 Å². The van der Waals surface area contributed by atoms with Crippen LogP contribution in [0.25, 0.3) is 11.2 Å². The lowest BCUT2D eigenvalue weighted by Crippen LogP contribution is -2.62.